The number of benzene rings is 1. The topological polar surface area (TPSA) is 38.0 Å². The second-order valence-electron chi connectivity index (χ2n) is 2.38. The third kappa shape index (κ3) is 2.00. The second kappa shape index (κ2) is 4.14. The Bertz CT molecular complexity index is 295. The number of nitrogen functional groups attached to an aromatic ring is 1. The van der Waals surface area contributed by atoms with Crippen LogP contribution in [-0.2, 0) is 0 Å². The molecule has 0 radical (unpaired) electrons. The molecule has 0 heterocycles. The summed E-state index contributed by atoms with van der Waals surface area (Å²) in [5, 5.41) is 0.729. The molecule has 12 heavy (non-hydrogen) atoms. The highest BCUT2D eigenvalue weighted by molar-refractivity contribution is 6.32. The van der Waals surface area contributed by atoms with Gasteiger partial charge in [-0.2, -0.15) is 0 Å². The molecular formula is C9H11ClN2. The minimum atomic E-state index is 0.729. The summed E-state index contributed by atoms with van der Waals surface area (Å²) in [6.45, 7) is 1.94. The Hall–Kier alpha value is -0.990. The molecule has 0 bridgehead atoms. The van der Waals surface area contributed by atoms with E-state index in [9.17, 15) is 0 Å². The number of rotatable bonds is 2. The molecule has 64 valence electrons. The van der Waals surface area contributed by atoms with Crippen LogP contribution in [0.4, 0.5) is 5.69 Å². The van der Waals surface area contributed by atoms with Crippen molar-refractivity contribution in [1.82, 2.24) is 0 Å². The molecular weight excluding hydrogens is 172 g/mol. The lowest BCUT2D eigenvalue weighted by atomic mass is 10.2. The zero-order chi connectivity index (χ0) is 8.97. The number of anilines is 1. The number of hydrazine groups is 1. The van der Waals surface area contributed by atoms with Crippen LogP contribution in [0, 0.1) is 0 Å². The fourth-order valence-electron chi connectivity index (χ4n) is 0.941. The first-order chi connectivity index (χ1) is 5.77. The monoisotopic (exact) mass is 182 g/mol. The lowest BCUT2D eigenvalue weighted by molar-refractivity contribution is 1.35. The quantitative estimate of drug-likeness (QED) is 0.545. The molecule has 0 fully saturated rings. The van der Waals surface area contributed by atoms with Gasteiger partial charge in [0.15, 0.2) is 0 Å². The van der Waals surface area contributed by atoms with Gasteiger partial charge in [-0.05, 0) is 30.7 Å². The molecule has 0 aliphatic carbocycles. The zero-order valence-corrected chi connectivity index (χ0v) is 7.60. The van der Waals surface area contributed by atoms with Crippen molar-refractivity contribution < 1.29 is 0 Å². The highest BCUT2D eigenvalue weighted by Crippen LogP contribution is 2.21. The maximum atomic E-state index is 5.91. The van der Waals surface area contributed by atoms with E-state index >= 15 is 0 Å². The highest BCUT2D eigenvalue weighted by atomic mass is 35.5. The Balaban J connectivity index is 3.08. The van der Waals surface area contributed by atoms with E-state index in [0.717, 1.165) is 16.3 Å². The maximum absolute atomic E-state index is 5.91. The van der Waals surface area contributed by atoms with Crippen molar-refractivity contribution in [2.45, 2.75) is 6.92 Å². The van der Waals surface area contributed by atoms with E-state index < -0.39 is 0 Å². The molecule has 3 N–H and O–H groups in total. The Kier molecular flexibility index (Phi) is 3.14. The van der Waals surface area contributed by atoms with Crippen molar-refractivity contribution in [2.75, 3.05) is 5.43 Å². The molecule has 0 atom stereocenters. The third-order valence-corrected chi connectivity index (χ3v) is 1.85. The molecule has 0 aromatic heterocycles. The zero-order valence-electron chi connectivity index (χ0n) is 6.84. The molecule has 0 amide bonds. The molecule has 0 spiro atoms. The first-order valence-corrected chi connectivity index (χ1v) is 4.04. The predicted octanol–water partition coefficient (Wildman–Crippen LogP) is 2.66. The minimum Gasteiger partial charge on any atom is -0.324 e. The van der Waals surface area contributed by atoms with Gasteiger partial charge in [0, 0.05) is 10.7 Å². The molecule has 2 nitrogen and oxygen atoms in total. The average molecular weight is 183 g/mol. The van der Waals surface area contributed by atoms with Crippen LogP contribution < -0.4 is 11.3 Å². The van der Waals surface area contributed by atoms with Crippen LogP contribution >= 0.6 is 11.6 Å². The SMILES string of the molecule is C/C=C/c1cc(NN)ccc1Cl. The maximum Gasteiger partial charge on any atom is 0.0492 e. The number of allylic oxidation sites excluding steroid dienone is 1. The van der Waals surface area contributed by atoms with Crippen molar-refractivity contribution >= 4 is 23.4 Å². The van der Waals surface area contributed by atoms with Gasteiger partial charge in [-0.25, -0.2) is 0 Å². The lowest BCUT2D eigenvalue weighted by Gasteiger charge is -2.02. The summed E-state index contributed by atoms with van der Waals surface area (Å²) in [6, 6.07) is 5.53. The number of halogens is 1. The van der Waals surface area contributed by atoms with Crippen LogP contribution in [0.5, 0.6) is 0 Å². The van der Waals surface area contributed by atoms with Crippen LogP contribution in [-0.4, -0.2) is 0 Å². The summed E-state index contributed by atoms with van der Waals surface area (Å²) >= 11 is 5.91. The number of nitrogens with two attached hydrogens (primary N) is 1. The van der Waals surface area contributed by atoms with E-state index in [2.05, 4.69) is 5.43 Å². The van der Waals surface area contributed by atoms with E-state index in [1.54, 1.807) is 0 Å². The van der Waals surface area contributed by atoms with Crippen LogP contribution in [0.25, 0.3) is 6.08 Å². The molecule has 1 rings (SSSR count). The van der Waals surface area contributed by atoms with Crippen molar-refractivity contribution in [3.8, 4) is 0 Å². The molecule has 0 saturated carbocycles. The van der Waals surface area contributed by atoms with Gasteiger partial charge in [-0.1, -0.05) is 23.8 Å². The molecule has 0 unspecified atom stereocenters. The van der Waals surface area contributed by atoms with Gasteiger partial charge >= 0.3 is 0 Å². The van der Waals surface area contributed by atoms with Crippen molar-refractivity contribution in [1.29, 1.82) is 0 Å². The Labute approximate surface area is 77.0 Å². The van der Waals surface area contributed by atoms with Crippen LogP contribution in [0.2, 0.25) is 5.02 Å². The van der Waals surface area contributed by atoms with Gasteiger partial charge in [0.1, 0.15) is 0 Å². The van der Waals surface area contributed by atoms with Crippen molar-refractivity contribution in [3.05, 3.63) is 34.9 Å². The van der Waals surface area contributed by atoms with Crippen molar-refractivity contribution in [2.24, 2.45) is 5.84 Å². The van der Waals surface area contributed by atoms with Crippen LogP contribution in [0.3, 0.4) is 0 Å². The van der Waals surface area contributed by atoms with Gasteiger partial charge < -0.3 is 5.43 Å². The summed E-state index contributed by atoms with van der Waals surface area (Å²) in [6.07, 6.45) is 3.87. The summed E-state index contributed by atoms with van der Waals surface area (Å²) in [5.41, 5.74) is 4.38. The molecule has 3 heteroatoms. The highest BCUT2D eigenvalue weighted by Gasteiger charge is 1.96. The summed E-state index contributed by atoms with van der Waals surface area (Å²) in [4.78, 5) is 0. The molecule has 1 aromatic rings. The Morgan fingerprint density at radius 1 is 1.50 bits per heavy atom. The summed E-state index contributed by atoms with van der Waals surface area (Å²) in [7, 11) is 0. The third-order valence-electron chi connectivity index (χ3n) is 1.51. The van der Waals surface area contributed by atoms with Gasteiger partial charge in [-0.3, -0.25) is 5.84 Å². The first-order valence-electron chi connectivity index (χ1n) is 3.67. The van der Waals surface area contributed by atoms with Gasteiger partial charge in [0.05, 0.1) is 0 Å². The number of hydrogen-bond donors (Lipinski definition) is 2. The standard InChI is InChI=1S/C9H11ClN2/c1-2-3-7-6-8(12-11)4-5-9(7)10/h2-6,12H,11H2,1H3/b3-2+. The normalized spacial score (nSPS) is 10.6. The average Bonchev–Trinajstić information content (AvgIpc) is 2.09. The fourth-order valence-corrected chi connectivity index (χ4v) is 1.12. The van der Waals surface area contributed by atoms with Crippen molar-refractivity contribution in [3.63, 3.8) is 0 Å². The first kappa shape index (κ1) is 9.10. The number of nitrogens with one attached hydrogen (secondary N) is 1. The number of hydrogen-bond acceptors (Lipinski definition) is 2. The minimum absolute atomic E-state index is 0.729. The molecule has 0 aliphatic heterocycles. The van der Waals surface area contributed by atoms with E-state index in [4.69, 9.17) is 17.4 Å². The second-order valence-corrected chi connectivity index (χ2v) is 2.79. The summed E-state index contributed by atoms with van der Waals surface area (Å²) < 4.78 is 0. The van der Waals surface area contributed by atoms with Crippen LogP contribution in [0.1, 0.15) is 12.5 Å². The van der Waals surface area contributed by atoms with E-state index in [1.807, 2.05) is 37.3 Å². The van der Waals surface area contributed by atoms with Crippen LogP contribution in [0.15, 0.2) is 24.3 Å². The molecule has 0 saturated heterocycles. The fraction of sp³-hybridized carbons (Fsp3) is 0.111. The van der Waals surface area contributed by atoms with Gasteiger partial charge in [-0.15, -0.1) is 0 Å². The van der Waals surface area contributed by atoms with E-state index in [1.165, 1.54) is 0 Å². The largest absolute Gasteiger partial charge is 0.324 e. The van der Waals surface area contributed by atoms with Gasteiger partial charge in [0.25, 0.3) is 0 Å². The Morgan fingerprint density at radius 3 is 2.83 bits per heavy atom. The lowest BCUT2D eigenvalue weighted by Crippen LogP contribution is -2.06. The molecule has 1 aromatic carbocycles. The smallest absolute Gasteiger partial charge is 0.0492 e. The van der Waals surface area contributed by atoms with E-state index in [0.29, 0.717) is 0 Å². The summed E-state index contributed by atoms with van der Waals surface area (Å²) in [5.74, 6) is 5.25. The van der Waals surface area contributed by atoms with Gasteiger partial charge in [0.2, 0.25) is 0 Å². The molecule has 0 aliphatic rings. The van der Waals surface area contributed by atoms with E-state index in [-0.39, 0.29) is 0 Å². The Morgan fingerprint density at radius 2 is 2.25 bits per heavy atom. The predicted molar refractivity (Wildman–Crippen MR) is 54.0 cm³/mol.